The Kier molecular flexibility index (Phi) is 7.98. The maximum atomic E-state index is 5.94. The maximum Gasteiger partial charge on any atom is 0.161 e. The van der Waals surface area contributed by atoms with Crippen LogP contribution in [0.4, 0.5) is 0 Å². The highest BCUT2D eigenvalue weighted by molar-refractivity contribution is 7.09. The van der Waals surface area contributed by atoms with Gasteiger partial charge in [-0.2, -0.15) is 0 Å². The molecule has 0 unspecified atom stereocenters. The van der Waals surface area contributed by atoms with E-state index in [1.54, 1.807) is 18.4 Å². The van der Waals surface area contributed by atoms with Crippen LogP contribution >= 0.6 is 23.7 Å². The van der Waals surface area contributed by atoms with E-state index in [2.05, 4.69) is 54.0 Å². The van der Waals surface area contributed by atoms with Gasteiger partial charge in [0.15, 0.2) is 11.5 Å². The van der Waals surface area contributed by atoms with Crippen molar-refractivity contribution < 1.29 is 9.47 Å². The van der Waals surface area contributed by atoms with Crippen molar-refractivity contribution in [3.8, 4) is 11.5 Å². The lowest BCUT2D eigenvalue weighted by atomic mass is 10.1. The first-order chi connectivity index (χ1) is 12.2. The number of nitrogens with one attached hydrogen (secondary N) is 1. The third-order valence-electron chi connectivity index (χ3n) is 3.91. The summed E-state index contributed by atoms with van der Waals surface area (Å²) in [4.78, 5) is 1.34. The van der Waals surface area contributed by atoms with Crippen LogP contribution in [0.1, 0.15) is 21.6 Å². The summed E-state index contributed by atoms with van der Waals surface area (Å²) >= 11 is 1.77. The molecule has 0 aliphatic rings. The second-order valence-corrected chi connectivity index (χ2v) is 6.98. The van der Waals surface area contributed by atoms with Crippen LogP contribution < -0.4 is 14.8 Å². The van der Waals surface area contributed by atoms with Crippen molar-refractivity contribution in [2.45, 2.75) is 26.6 Å². The molecule has 138 valence electrons. The Bertz CT molecular complexity index is 806. The lowest BCUT2D eigenvalue weighted by Crippen LogP contribution is -2.11. The smallest absolute Gasteiger partial charge is 0.161 e. The van der Waals surface area contributed by atoms with Crippen molar-refractivity contribution in [3.05, 3.63) is 81.5 Å². The Hall–Kier alpha value is -2.01. The van der Waals surface area contributed by atoms with Crippen molar-refractivity contribution in [1.82, 2.24) is 5.32 Å². The maximum absolute atomic E-state index is 5.94. The van der Waals surface area contributed by atoms with E-state index < -0.39 is 0 Å². The first-order valence-electron chi connectivity index (χ1n) is 8.33. The van der Waals surface area contributed by atoms with Crippen molar-refractivity contribution >= 4 is 23.7 Å². The molecule has 0 spiro atoms. The number of rotatable bonds is 8. The van der Waals surface area contributed by atoms with Gasteiger partial charge in [-0.3, -0.25) is 0 Å². The standard InChI is InChI=1S/C21H23NO2S.ClH/c1-16-5-3-6-18(11-16)15-24-20-9-8-17(12-21(20)23-2)13-22-14-19-7-4-10-25-19;/h3-12,22H,13-15H2,1-2H3;1H. The SMILES string of the molecule is COc1cc(CNCc2cccs2)ccc1OCc1cccc(C)c1.Cl. The minimum atomic E-state index is 0. The van der Waals surface area contributed by atoms with Crippen LogP contribution in [0.3, 0.4) is 0 Å². The second kappa shape index (κ2) is 10.2. The van der Waals surface area contributed by atoms with E-state index in [0.29, 0.717) is 6.61 Å². The van der Waals surface area contributed by atoms with E-state index >= 15 is 0 Å². The zero-order valence-corrected chi connectivity index (χ0v) is 16.7. The van der Waals surface area contributed by atoms with Crippen LogP contribution in [0.5, 0.6) is 11.5 Å². The first kappa shape index (κ1) is 20.3. The zero-order chi connectivity index (χ0) is 17.5. The lowest BCUT2D eigenvalue weighted by Gasteiger charge is -2.13. The van der Waals surface area contributed by atoms with Crippen LogP contribution in [-0.4, -0.2) is 7.11 Å². The van der Waals surface area contributed by atoms with Crippen molar-refractivity contribution in [2.75, 3.05) is 7.11 Å². The average Bonchev–Trinajstić information content (AvgIpc) is 3.14. The molecular formula is C21H24ClNO2S. The molecule has 1 heterocycles. The van der Waals surface area contributed by atoms with Gasteiger partial charge in [0, 0.05) is 18.0 Å². The van der Waals surface area contributed by atoms with E-state index in [-0.39, 0.29) is 12.4 Å². The highest BCUT2D eigenvalue weighted by Gasteiger charge is 2.07. The second-order valence-electron chi connectivity index (χ2n) is 5.95. The molecule has 0 amide bonds. The number of thiophene rings is 1. The Morgan fingerprint density at radius 2 is 1.81 bits per heavy atom. The topological polar surface area (TPSA) is 30.5 Å². The Balaban J connectivity index is 0.00000243. The predicted octanol–water partition coefficient (Wildman–Crippen LogP) is 5.36. The number of methoxy groups -OCH3 is 1. The van der Waals surface area contributed by atoms with Crippen LogP contribution in [0.2, 0.25) is 0 Å². The quantitative estimate of drug-likeness (QED) is 0.562. The van der Waals surface area contributed by atoms with Gasteiger partial charge in [-0.05, 0) is 41.6 Å². The number of halogens is 1. The molecule has 0 saturated heterocycles. The van der Waals surface area contributed by atoms with Gasteiger partial charge in [-0.1, -0.05) is 42.0 Å². The van der Waals surface area contributed by atoms with Crippen molar-refractivity contribution in [3.63, 3.8) is 0 Å². The highest BCUT2D eigenvalue weighted by atomic mass is 35.5. The Morgan fingerprint density at radius 1 is 0.923 bits per heavy atom. The predicted molar refractivity (Wildman–Crippen MR) is 111 cm³/mol. The minimum Gasteiger partial charge on any atom is -0.493 e. The summed E-state index contributed by atoms with van der Waals surface area (Å²) in [6, 6.07) is 18.7. The summed E-state index contributed by atoms with van der Waals surface area (Å²) in [6.45, 7) is 4.30. The van der Waals surface area contributed by atoms with Gasteiger partial charge in [0.05, 0.1) is 7.11 Å². The minimum absolute atomic E-state index is 0. The summed E-state index contributed by atoms with van der Waals surface area (Å²) in [7, 11) is 1.68. The van der Waals surface area contributed by atoms with Gasteiger partial charge in [0.2, 0.25) is 0 Å². The molecule has 0 fully saturated rings. The molecule has 3 nitrogen and oxygen atoms in total. The molecule has 0 aliphatic carbocycles. The van der Waals surface area contributed by atoms with E-state index in [0.717, 1.165) is 30.2 Å². The van der Waals surface area contributed by atoms with Gasteiger partial charge in [0.25, 0.3) is 0 Å². The molecule has 0 saturated carbocycles. The van der Waals surface area contributed by atoms with Gasteiger partial charge in [0.1, 0.15) is 6.61 Å². The van der Waals surface area contributed by atoms with Crippen LogP contribution in [0.15, 0.2) is 60.0 Å². The molecule has 3 aromatic rings. The van der Waals surface area contributed by atoms with Crippen LogP contribution in [0, 0.1) is 6.92 Å². The average molecular weight is 390 g/mol. The molecule has 0 bridgehead atoms. The Labute approximate surface area is 165 Å². The van der Waals surface area contributed by atoms with E-state index in [4.69, 9.17) is 9.47 Å². The normalized spacial score (nSPS) is 10.2. The molecule has 1 aromatic heterocycles. The van der Waals surface area contributed by atoms with Gasteiger partial charge < -0.3 is 14.8 Å². The first-order valence-corrected chi connectivity index (χ1v) is 9.21. The summed E-state index contributed by atoms with van der Waals surface area (Å²) in [5.74, 6) is 1.54. The molecule has 3 rings (SSSR count). The van der Waals surface area contributed by atoms with Crippen LogP contribution in [0.25, 0.3) is 0 Å². The van der Waals surface area contributed by atoms with Gasteiger partial charge >= 0.3 is 0 Å². The fraction of sp³-hybridized carbons (Fsp3) is 0.238. The summed E-state index contributed by atoms with van der Waals surface area (Å²) in [6.07, 6.45) is 0. The number of benzene rings is 2. The highest BCUT2D eigenvalue weighted by Crippen LogP contribution is 2.29. The fourth-order valence-corrected chi connectivity index (χ4v) is 3.32. The molecule has 0 aliphatic heterocycles. The van der Waals surface area contributed by atoms with E-state index in [1.807, 2.05) is 18.2 Å². The van der Waals surface area contributed by atoms with Gasteiger partial charge in [-0.25, -0.2) is 0 Å². The van der Waals surface area contributed by atoms with Crippen LogP contribution in [-0.2, 0) is 19.7 Å². The molecule has 0 radical (unpaired) electrons. The summed E-state index contributed by atoms with van der Waals surface area (Å²) < 4.78 is 11.4. The number of hydrogen-bond donors (Lipinski definition) is 1. The zero-order valence-electron chi connectivity index (χ0n) is 15.0. The van der Waals surface area contributed by atoms with Crippen molar-refractivity contribution in [1.29, 1.82) is 0 Å². The fourth-order valence-electron chi connectivity index (χ4n) is 2.65. The summed E-state index contributed by atoms with van der Waals surface area (Å²) in [5.41, 5.74) is 3.57. The number of aryl methyl sites for hydroxylation is 1. The Morgan fingerprint density at radius 3 is 2.54 bits per heavy atom. The number of ether oxygens (including phenoxy) is 2. The molecule has 0 atom stereocenters. The van der Waals surface area contributed by atoms with Crippen molar-refractivity contribution in [2.24, 2.45) is 0 Å². The molecular weight excluding hydrogens is 366 g/mol. The van der Waals surface area contributed by atoms with Gasteiger partial charge in [-0.15, -0.1) is 23.7 Å². The largest absolute Gasteiger partial charge is 0.493 e. The molecule has 26 heavy (non-hydrogen) atoms. The molecule has 5 heteroatoms. The third kappa shape index (κ3) is 5.77. The third-order valence-corrected chi connectivity index (χ3v) is 4.79. The van der Waals surface area contributed by atoms with E-state index in [9.17, 15) is 0 Å². The lowest BCUT2D eigenvalue weighted by molar-refractivity contribution is 0.284. The summed E-state index contributed by atoms with van der Waals surface area (Å²) in [5, 5.41) is 5.55. The van der Waals surface area contributed by atoms with E-state index in [1.165, 1.54) is 16.0 Å². The monoisotopic (exact) mass is 389 g/mol. The molecule has 2 aromatic carbocycles. The number of hydrogen-bond acceptors (Lipinski definition) is 4. The molecule has 1 N–H and O–H groups in total.